The maximum absolute atomic E-state index is 4.43. The van der Waals surface area contributed by atoms with Crippen LogP contribution in [0.3, 0.4) is 0 Å². The summed E-state index contributed by atoms with van der Waals surface area (Å²) in [5.74, 6) is 2.45. The fourth-order valence-electron chi connectivity index (χ4n) is 2.17. The van der Waals surface area contributed by atoms with Crippen LogP contribution in [0.4, 0.5) is 17.3 Å². The minimum atomic E-state index is 0.762. The Bertz CT molecular complexity index is 573. The molecular formula is C16H22N4. The van der Waals surface area contributed by atoms with E-state index in [1.54, 1.807) is 0 Å². The zero-order valence-corrected chi connectivity index (χ0v) is 12.6. The molecule has 0 radical (unpaired) electrons. The molecule has 20 heavy (non-hydrogen) atoms. The largest absolute Gasteiger partial charge is 0.370 e. The van der Waals surface area contributed by atoms with Crippen LogP contribution < -0.4 is 10.6 Å². The SMILES string of the molecule is CCCNc1cc(Nc2cc(C)cc(C)c2)nc(C)n1. The van der Waals surface area contributed by atoms with Crippen LogP contribution >= 0.6 is 0 Å². The molecule has 0 aliphatic carbocycles. The van der Waals surface area contributed by atoms with Crippen molar-refractivity contribution in [1.29, 1.82) is 0 Å². The van der Waals surface area contributed by atoms with Crippen molar-refractivity contribution in [3.8, 4) is 0 Å². The fourth-order valence-corrected chi connectivity index (χ4v) is 2.17. The second-order valence-corrected chi connectivity index (χ2v) is 5.11. The number of rotatable bonds is 5. The summed E-state index contributed by atoms with van der Waals surface area (Å²) in [5.41, 5.74) is 3.53. The molecule has 1 heterocycles. The van der Waals surface area contributed by atoms with E-state index in [9.17, 15) is 0 Å². The maximum atomic E-state index is 4.43. The van der Waals surface area contributed by atoms with E-state index < -0.39 is 0 Å². The van der Waals surface area contributed by atoms with Gasteiger partial charge in [-0.05, 0) is 50.5 Å². The van der Waals surface area contributed by atoms with E-state index in [-0.39, 0.29) is 0 Å². The Balaban J connectivity index is 2.21. The number of nitrogens with zero attached hydrogens (tertiary/aromatic N) is 2. The number of aryl methyl sites for hydroxylation is 3. The molecule has 0 unspecified atom stereocenters. The van der Waals surface area contributed by atoms with Crippen LogP contribution in [0.15, 0.2) is 24.3 Å². The Morgan fingerprint density at radius 3 is 2.20 bits per heavy atom. The highest BCUT2D eigenvalue weighted by atomic mass is 15.1. The van der Waals surface area contributed by atoms with Crippen LogP contribution in [-0.2, 0) is 0 Å². The van der Waals surface area contributed by atoms with E-state index in [1.165, 1.54) is 11.1 Å². The number of nitrogens with one attached hydrogen (secondary N) is 2. The van der Waals surface area contributed by atoms with Crippen LogP contribution in [0.1, 0.15) is 30.3 Å². The Kier molecular flexibility index (Phi) is 4.56. The molecule has 0 aliphatic heterocycles. The average Bonchev–Trinajstić information content (AvgIpc) is 2.34. The lowest BCUT2D eigenvalue weighted by Gasteiger charge is -2.11. The lowest BCUT2D eigenvalue weighted by molar-refractivity contribution is 0.955. The van der Waals surface area contributed by atoms with Crippen molar-refractivity contribution in [2.75, 3.05) is 17.2 Å². The highest BCUT2D eigenvalue weighted by Crippen LogP contribution is 2.20. The van der Waals surface area contributed by atoms with Gasteiger partial charge in [-0.1, -0.05) is 13.0 Å². The molecule has 0 amide bonds. The fraction of sp³-hybridized carbons (Fsp3) is 0.375. The molecule has 0 spiro atoms. The average molecular weight is 270 g/mol. The normalized spacial score (nSPS) is 10.4. The van der Waals surface area contributed by atoms with Gasteiger partial charge >= 0.3 is 0 Å². The first kappa shape index (κ1) is 14.3. The summed E-state index contributed by atoms with van der Waals surface area (Å²) in [6, 6.07) is 8.33. The van der Waals surface area contributed by atoms with Crippen molar-refractivity contribution in [3.63, 3.8) is 0 Å². The number of hydrogen-bond donors (Lipinski definition) is 2. The molecule has 0 aliphatic rings. The lowest BCUT2D eigenvalue weighted by Crippen LogP contribution is -2.05. The molecule has 4 heteroatoms. The van der Waals surface area contributed by atoms with Gasteiger partial charge in [-0.3, -0.25) is 0 Å². The third-order valence-corrected chi connectivity index (χ3v) is 2.89. The van der Waals surface area contributed by atoms with Crippen molar-refractivity contribution in [3.05, 3.63) is 41.2 Å². The van der Waals surface area contributed by atoms with Gasteiger partial charge in [0.25, 0.3) is 0 Å². The summed E-state index contributed by atoms with van der Waals surface area (Å²) in [4.78, 5) is 8.82. The topological polar surface area (TPSA) is 49.8 Å². The Morgan fingerprint density at radius 2 is 1.55 bits per heavy atom. The number of anilines is 3. The van der Waals surface area contributed by atoms with E-state index >= 15 is 0 Å². The van der Waals surface area contributed by atoms with Gasteiger partial charge in [0.15, 0.2) is 0 Å². The van der Waals surface area contributed by atoms with Crippen molar-refractivity contribution in [1.82, 2.24) is 9.97 Å². The summed E-state index contributed by atoms with van der Waals surface area (Å²) in [5, 5.41) is 6.65. The van der Waals surface area contributed by atoms with Crippen LogP contribution in [0.5, 0.6) is 0 Å². The minimum absolute atomic E-state index is 0.762. The summed E-state index contributed by atoms with van der Waals surface area (Å²) in [6.45, 7) is 9.15. The molecule has 0 saturated carbocycles. The van der Waals surface area contributed by atoms with Gasteiger partial charge in [0.2, 0.25) is 0 Å². The molecule has 2 rings (SSSR count). The predicted molar refractivity (Wildman–Crippen MR) is 84.7 cm³/mol. The summed E-state index contributed by atoms with van der Waals surface area (Å²) in [6.07, 6.45) is 1.07. The van der Waals surface area contributed by atoms with Gasteiger partial charge < -0.3 is 10.6 Å². The monoisotopic (exact) mass is 270 g/mol. The molecule has 0 bridgehead atoms. The van der Waals surface area contributed by atoms with Crippen LogP contribution in [0.2, 0.25) is 0 Å². The van der Waals surface area contributed by atoms with Crippen molar-refractivity contribution >= 4 is 17.3 Å². The number of benzene rings is 1. The van der Waals surface area contributed by atoms with E-state index in [2.05, 4.69) is 59.6 Å². The third-order valence-electron chi connectivity index (χ3n) is 2.89. The van der Waals surface area contributed by atoms with Gasteiger partial charge in [0.05, 0.1) is 0 Å². The maximum Gasteiger partial charge on any atom is 0.136 e. The van der Waals surface area contributed by atoms with E-state index in [0.717, 1.165) is 36.1 Å². The quantitative estimate of drug-likeness (QED) is 0.863. The molecular weight excluding hydrogens is 248 g/mol. The smallest absolute Gasteiger partial charge is 0.136 e. The molecule has 106 valence electrons. The molecule has 2 aromatic rings. The molecule has 4 nitrogen and oxygen atoms in total. The van der Waals surface area contributed by atoms with Gasteiger partial charge in [-0.2, -0.15) is 0 Å². The van der Waals surface area contributed by atoms with Crippen LogP contribution in [0, 0.1) is 20.8 Å². The highest BCUT2D eigenvalue weighted by Gasteiger charge is 2.03. The van der Waals surface area contributed by atoms with E-state index in [4.69, 9.17) is 0 Å². The summed E-state index contributed by atoms with van der Waals surface area (Å²) >= 11 is 0. The zero-order valence-electron chi connectivity index (χ0n) is 12.6. The standard InChI is InChI=1S/C16H22N4/c1-5-6-17-15-10-16(19-13(4)18-15)20-14-8-11(2)7-12(3)9-14/h7-10H,5-6H2,1-4H3,(H2,17,18,19,20). The predicted octanol–water partition coefficient (Wildman–Crippen LogP) is 3.97. The zero-order chi connectivity index (χ0) is 14.5. The first-order valence-corrected chi connectivity index (χ1v) is 7.01. The molecule has 1 aromatic heterocycles. The highest BCUT2D eigenvalue weighted by molar-refractivity contribution is 5.60. The molecule has 0 fully saturated rings. The van der Waals surface area contributed by atoms with E-state index in [1.807, 2.05) is 13.0 Å². The second-order valence-electron chi connectivity index (χ2n) is 5.11. The Labute approximate surface area is 120 Å². The van der Waals surface area contributed by atoms with Crippen molar-refractivity contribution in [2.45, 2.75) is 34.1 Å². The Hall–Kier alpha value is -2.10. The van der Waals surface area contributed by atoms with E-state index in [0.29, 0.717) is 0 Å². The Morgan fingerprint density at radius 1 is 0.900 bits per heavy atom. The molecule has 2 N–H and O–H groups in total. The van der Waals surface area contributed by atoms with Crippen molar-refractivity contribution < 1.29 is 0 Å². The molecule has 0 atom stereocenters. The van der Waals surface area contributed by atoms with Gasteiger partial charge in [0, 0.05) is 18.3 Å². The number of hydrogen-bond acceptors (Lipinski definition) is 4. The second kappa shape index (κ2) is 6.37. The van der Waals surface area contributed by atoms with Crippen molar-refractivity contribution in [2.24, 2.45) is 0 Å². The third kappa shape index (κ3) is 3.95. The van der Waals surface area contributed by atoms with Gasteiger partial charge in [-0.25, -0.2) is 9.97 Å². The molecule has 0 saturated heterocycles. The number of aromatic nitrogens is 2. The lowest BCUT2D eigenvalue weighted by atomic mass is 10.1. The van der Waals surface area contributed by atoms with Gasteiger partial charge in [-0.15, -0.1) is 0 Å². The van der Waals surface area contributed by atoms with Crippen LogP contribution in [0.25, 0.3) is 0 Å². The summed E-state index contributed by atoms with van der Waals surface area (Å²) < 4.78 is 0. The van der Waals surface area contributed by atoms with Gasteiger partial charge in [0.1, 0.15) is 17.5 Å². The van der Waals surface area contributed by atoms with Crippen LogP contribution in [-0.4, -0.2) is 16.5 Å². The summed E-state index contributed by atoms with van der Waals surface area (Å²) in [7, 11) is 0. The molecule has 1 aromatic carbocycles. The minimum Gasteiger partial charge on any atom is -0.370 e. The first-order chi connectivity index (χ1) is 9.56. The first-order valence-electron chi connectivity index (χ1n) is 7.01.